The predicted octanol–water partition coefficient (Wildman–Crippen LogP) is 0.982. The quantitative estimate of drug-likeness (QED) is 0.531. The Bertz CT molecular complexity index is 532. The van der Waals surface area contributed by atoms with E-state index < -0.39 is 10.0 Å². The average Bonchev–Trinajstić information content (AvgIpc) is 3.07. The highest BCUT2D eigenvalue weighted by molar-refractivity contribution is 7.88. The van der Waals surface area contributed by atoms with Crippen molar-refractivity contribution in [1.29, 1.82) is 0 Å². The van der Waals surface area contributed by atoms with Gasteiger partial charge in [0.05, 0.1) is 6.26 Å². The molecule has 0 aromatic heterocycles. The SMILES string of the molecule is CCNC(=NCC1CCN(S(C)(=O)=O)C1)N(C)CCC1CCOCC1. The molecule has 0 amide bonds. The van der Waals surface area contributed by atoms with Crippen LogP contribution in [0, 0.1) is 11.8 Å². The van der Waals surface area contributed by atoms with E-state index >= 15 is 0 Å². The van der Waals surface area contributed by atoms with Crippen molar-refractivity contribution in [3.63, 3.8) is 0 Å². The molecular formula is C17H34N4O3S. The molecule has 8 heteroatoms. The number of nitrogens with one attached hydrogen (secondary N) is 1. The van der Waals surface area contributed by atoms with Crippen molar-refractivity contribution in [2.75, 3.05) is 59.2 Å². The lowest BCUT2D eigenvalue weighted by molar-refractivity contribution is 0.0625. The van der Waals surface area contributed by atoms with Crippen LogP contribution in [0.4, 0.5) is 0 Å². The van der Waals surface area contributed by atoms with Crippen LogP contribution in [0.15, 0.2) is 4.99 Å². The maximum Gasteiger partial charge on any atom is 0.211 e. The summed E-state index contributed by atoms with van der Waals surface area (Å²) < 4.78 is 30.2. The molecule has 0 aromatic carbocycles. The lowest BCUT2D eigenvalue weighted by Gasteiger charge is -2.27. The summed E-state index contributed by atoms with van der Waals surface area (Å²) in [5, 5.41) is 3.35. The molecule has 0 radical (unpaired) electrons. The van der Waals surface area contributed by atoms with E-state index in [0.29, 0.717) is 25.6 Å². The van der Waals surface area contributed by atoms with Gasteiger partial charge in [0.25, 0.3) is 0 Å². The molecule has 1 unspecified atom stereocenters. The van der Waals surface area contributed by atoms with Gasteiger partial charge in [-0.2, -0.15) is 0 Å². The van der Waals surface area contributed by atoms with Crippen molar-refractivity contribution in [2.45, 2.75) is 32.6 Å². The van der Waals surface area contributed by atoms with Gasteiger partial charge in [-0.3, -0.25) is 4.99 Å². The second kappa shape index (κ2) is 9.73. The third-order valence-electron chi connectivity index (χ3n) is 5.13. The van der Waals surface area contributed by atoms with Crippen LogP contribution < -0.4 is 5.32 Å². The smallest absolute Gasteiger partial charge is 0.211 e. The van der Waals surface area contributed by atoms with Crippen LogP contribution >= 0.6 is 0 Å². The van der Waals surface area contributed by atoms with Crippen LogP contribution in [-0.2, 0) is 14.8 Å². The first-order valence-electron chi connectivity index (χ1n) is 9.42. The number of hydrogen-bond acceptors (Lipinski definition) is 4. The molecule has 0 spiro atoms. The predicted molar refractivity (Wildman–Crippen MR) is 101 cm³/mol. The third-order valence-corrected chi connectivity index (χ3v) is 6.40. The zero-order chi connectivity index (χ0) is 18.3. The number of aliphatic imine (C=N–C) groups is 1. The van der Waals surface area contributed by atoms with Crippen molar-refractivity contribution in [1.82, 2.24) is 14.5 Å². The minimum Gasteiger partial charge on any atom is -0.381 e. The normalized spacial score (nSPS) is 23.8. The third kappa shape index (κ3) is 6.75. The van der Waals surface area contributed by atoms with Gasteiger partial charge in [0.2, 0.25) is 10.0 Å². The number of guanidine groups is 1. The summed E-state index contributed by atoms with van der Waals surface area (Å²) in [5.41, 5.74) is 0. The van der Waals surface area contributed by atoms with E-state index in [2.05, 4.69) is 24.2 Å². The van der Waals surface area contributed by atoms with Gasteiger partial charge in [0.1, 0.15) is 0 Å². The van der Waals surface area contributed by atoms with Gasteiger partial charge < -0.3 is 15.0 Å². The van der Waals surface area contributed by atoms with Crippen LogP contribution in [-0.4, -0.2) is 82.8 Å². The number of nitrogens with zero attached hydrogens (tertiary/aromatic N) is 3. The number of rotatable bonds is 7. The molecule has 0 saturated carbocycles. The molecule has 2 heterocycles. The summed E-state index contributed by atoms with van der Waals surface area (Å²) >= 11 is 0. The summed E-state index contributed by atoms with van der Waals surface area (Å²) in [6, 6.07) is 0. The summed E-state index contributed by atoms with van der Waals surface area (Å²) in [6.45, 7) is 7.56. The van der Waals surface area contributed by atoms with Gasteiger partial charge in [-0.15, -0.1) is 0 Å². The zero-order valence-electron chi connectivity index (χ0n) is 15.9. The monoisotopic (exact) mass is 374 g/mol. The van der Waals surface area contributed by atoms with E-state index in [4.69, 9.17) is 9.73 Å². The van der Waals surface area contributed by atoms with Crippen LogP contribution in [0.1, 0.15) is 32.6 Å². The highest BCUT2D eigenvalue weighted by atomic mass is 32.2. The summed E-state index contributed by atoms with van der Waals surface area (Å²) in [5.74, 6) is 1.98. The lowest BCUT2D eigenvalue weighted by atomic mass is 9.96. The fraction of sp³-hybridized carbons (Fsp3) is 0.941. The first-order valence-corrected chi connectivity index (χ1v) is 11.3. The van der Waals surface area contributed by atoms with Gasteiger partial charge in [0, 0.05) is 53.0 Å². The Morgan fingerprint density at radius 1 is 1.28 bits per heavy atom. The van der Waals surface area contributed by atoms with Crippen LogP contribution in [0.3, 0.4) is 0 Å². The molecule has 0 aliphatic carbocycles. The molecule has 2 rings (SSSR count). The first-order chi connectivity index (χ1) is 11.9. The minimum absolute atomic E-state index is 0.312. The van der Waals surface area contributed by atoms with Gasteiger partial charge in [0.15, 0.2) is 5.96 Å². The number of hydrogen-bond donors (Lipinski definition) is 1. The Morgan fingerprint density at radius 3 is 2.60 bits per heavy atom. The maximum atomic E-state index is 11.6. The Balaban J connectivity index is 1.82. The molecule has 146 valence electrons. The topological polar surface area (TPSA) is 74.2 Å². The average molecular weight is 375 g/mol. The van der Waals surface area contributed by atoms with Crippen LogP contribution in [0.2, 0.25) is 0 Å². The summed E-state index contributed by atoms with van der Waals surface area (Å²) in [6.07, 6.45) is 5.65. The molecule has 7 nitrogen and oxygen atoms in total. The number of sulfonamides is 1. The van der Waals surface area contributed by atoms with E-state index in [1.165, 1.54) is 6.26 Å². The van der Waals surface area contributed by atoms with Crippen molar-refractivity contribution >= 4 is 16.0 Å². The molecule has 0 bridgehead atoms. The van der Waals surface area contributed by atoms with E-state index in [0.717, 1.165) is 63.9 Å². The molecule has 2 saturated heterocycles. The van der Waals surface area contributed by atoms with Crippen molar-refractivity contribution in [3.05, 3.63) is 0 Å². The molecule has 1 N–H and O–H groups in total. The molecular weight excluding hydrogens is 340 g/mol. The van der Waals surface area contributed by atoms with Crippen molar-refractivity contribution in [2.24, 2.45) is 16.8 Å². The standard InChI is InChI=1S/C17H34N4O3S/c1-4-18-17(20(2)9-5-15-7-11-24-12-8-15)19-13-16-6-10-21(14-16)25(3,22)23/h15-16H,4-14H2,1-3H3,(H,18,19). The molecule has 1 atom stereocenters. The Kier molecular flexibility index (Phi) is 7.96. The fourth-order valence-electron chi connectivity index (χ4n) is 3.45. The van der Waals surface area contributed by atoms with E-state index in [-0.39, 0.29) is 0 Å². The van der Waals surface area contributed by atoms with Gasteiger partial charge in [-0.25, -0.2) is 12.7 Å². The highest BCUT2D eigenvalue weighted by Gasteiger charge is 2.28. The molecule has 2 fully saturated rings. The largest absolute Gasteiger partial charge is 0.381 e. The summed E-state index contributed by atoms with van der Waals surface area (Å²) in [7, 11) is -0.991. The van der Waals surface area contributed by atoms with Crippen molar-refractivity contribution < 1.29 is 13.2 Å². The lowest BCUT2D eigenvalue weighted by Crippen LogP contribution is -2.40. The second-order valence-corrected chi connectivity index (χ2v) is 9.22. The highest BCUT2D eigenvalue weighted by Crippen LogP contribution is 2.20. The zero-order valence-corrected chi connectivity index (χ0v) is 16.7. The Labute approximate surface area is 152 Å². The summed E-state index contributed by atoms with van der Waals surface area (Å²) in [4.78, 5) is 6.96. The molecule has 2 aliphatic heterocycles. The second-order valence-electron chi connectivity index (χ2n) is 7.24. The van der Waals surface area contributed by atoms with E-state index in [1.54, 1.807) is 4.31 Å². The van der Waals surface area contributed by atoms with E-state index in [9.17, 15) is 8.42 Å². The Hall–Kier alpha value is -0.860. The van der Waals surface area contributed by atoms with Gasteiger partial charge >= 0.3 is 0 Å². The molecule has 25 heavy (non-hydrogen) atoms. The Morgan fingerprint density at radius 2 is 2.00 bits per heavy atom. The first kappa shape index (κ1) is 20.5. The fourth-order valence-corrected chi connectivity index (χ4v) is 4.37. The van der Waals surface area contributed by atoms with Crippen LogP contribution in [0.25, 0.3) is 0 Å². The van der Waals surface area contributed by atoms with Crippen LogP contribution in [0.5, 0.6) is 0 Å². The van der Waals surface area contributed by atoms with Gasteiger partial charge in [-0.1, -0.05) is 0 Å². The molecule has 0 aromatic rings. The van der Waals surface area contributed by atoms with Crippen molar-refractivity contribution in [3.8, 4) is 0 Å². The molecule has 2 aliphatic rings. The minimum atomic E-state index is -3.07. The van der Waals surface area contributed by atoms with Gasteiger partial charge in [-0.05, 0) is 44.4 Å². The maximum absolute atomic E-state index is 11.6. The van der Waals surface area contributed by atoms with E-state index in [1.807, 2.05) is 0 Å². The number of ether oxygens (including phenoxy) is 1.